The van der Waals surface area contributed by atoms with Crippen LogP contribution in [0.2, 0.25) is 0 Å². The molecule has 0 saturated carbocycles. The van der Waals surface area contributed by atoms with Crippen molar-refractivity contribution in [2.24, 2.45) is 0 Å². The van der Waals surface area contributed by atoms with E-state index in [-0.39, 0.29) is 18.6 Å². The molecule has 0 fully saturated rings. The molecule has 21 heavy (non-hydrogen) atoms. The molecule has 2 heterocycles. The lowest BCUT2D eigenvalue weighted by Gasteiger charge is -2.26. The molecule has 1 aliphatic rings. The van der Waals surface area contributed by atoms with E-state index in [4.69, 9.17) is 9.47 Å². The molecule has 2 atom stereocenters. The van der Waals surface area contributed by atoms with Crippen LogP contribution in [0.25, 0.3) is 0 Å². The van der Waals surface area contributed by atoms with Crippen molar-refractivity contribution in [1.82, 2.24) is 14.9 Å². The monoisotopic (exact) mass is 287 g/mol. The Morgan fingerprint density at radius 3 is 3.05 bits per heavy atom. The second kappa shape index (κ2) is 5.87. The van der Waals surface area contributed by atoms with Gasteiger partial charge in [-0.05, 0) is 19.1 Å². The number of nitrogens with one attached hydrogen (secondary N) is 1. The number of benzene rings is 1. The number of para-hydroxylation sites is 2. The second-order valence-electron chi connectivity index (χ2n) is 5.03. The summed E-state index contributed by atoms with van der Waals surface area (Å²) < 4.78 is 13.1. The first kappa shape index (κ1) is 13.5. The summed E-state index contributed by atoms with van der Waals surface area (Å²) in [5, 5.41) is 2.93. The normalized spacial score (nSPS) is 18.0. The van der Waals surface area contributed by atoms with E-state index < -0.39 is 6.10 Å². The van der Waals surface area contributed by atoms with Gasteiger partial charge in [0.1, 0.15) is 6.61 Å². The fourth-order valence-electron chi connectivity index (χ4n) is 2.24. The molecule has 1 amide bonds. The molecule has 1 aliphatic heterocycles. The highest BCUT2D eigenvalue weighted by Gasteiger charge is 2.27. The van der Waals surface area contributed by atoms with Gasteiger partial charge in [0.05, 0.1) is 6.33 Å². The van der Waals surface area contributed by atoms with Crippen LogP contribution in [0.15, 0.2) is 43.0 Å². The molecule has 0 aliphatic carbocycles. The van der Waals surface area contributed by atoms with Crippen LogP contribution >= 0.6 is 0 Å². The lowest BCUT2D eigenvalue weighted by atomic mass is 10.2. The van der Waals surface area contributed by atoms with Crippen molar-refractivity contribution in [3.05, 3.63) is 43.0 Å². The fourth-order valence-corrected chi connectivity index (χ4v) is 2.24. The van der Waals surface area contributed by atoms with Crippen LogP contribution in [-0.2, 0) is 11.3 Å². The number of fused-ring (bicyclic) bond motifs is 1. The second-order valence-corrected chi connectivity index (χ2v) is 5.03. The van der Waals surface area contributed by atoms with Crippen molar-refractivity contribution < 1.29 is 14.3 Å². The van der Waals surface area contributed by atoms with Gasteiger partial charge in [-0.25, -0.2) is 4.98 Å². The molecule has 3 rings (SSSR count). The Bertz CT molecular complexity index is 612. The predicted molar refractivity (Wildman–Crippen MR) is 76.2 cm³/mol. The Morgan fingerprint density at radius 1 is 1.48 bits per heavy atom. The molecule has 1 N–H and O–H groups in total. The smallest absolute Gasteiger partial charge is 0.264 e. The summed E-state index contributed by atoms with van der Waals surface area (Å²) in [6.07, 6.45) is 4.67. The summed E-state index contributed by atoms with van der Waals surface area (Å²) >= 11 is 0. The number of carbonyl (C=O) groups excluding carboxylic acids is 1. The maximum Gasteiger partial charge on any atom is 0.264 e. The summed E-state index contributed by atoms with van der Waals surface area (Å²) in [4.78, 5) is 16.2. The lowest BCUT2D eigenvalue weighted by Crippen LogP contribution is -2.47. The highest BCUT2D eigenvalue weighted by molar-refractivity contribution is 5.82. The first-order chi connectivity index (χ1) is 10.2. The minimum atomic E-state index is -0.620. The molecule has 1 aromatic heterocycles. The van der Waals surface area contributed by atoms with E-state index in [0.717, 1.165) is 0 Å². The van der Waals surface area contributed by atoms with Crippen molar-refractivity contribution in [3.63, 3.8) is 0 Å². The van der Waals surface area contributed by atoms with E-state index in [0.29, 0.717) is 18.0 Å². The Kier molecular flexibility index (Phi) is 3.77. The molecular formula is C15H17N3O3. The van der Waals surface area contributed by atoms with E-state index in [1.165, 1.54) is 0 Å². The van der Waals surface area contributed by atoms with E-state index in [1.807, 2.05) is 35.9 Å². The maximum absolute atomic E-state index is 12.2. The Balaban J connectivity index is 1.56. The van der Waals surface area contributed by atoms with Gasteiger partial charge in [-0.3, -0.25) is 4.79 Å². The van der Waals surface area contributed by atoms with E-state index in [9.17, 15) is 4.79 Å². The fraction of sp³-hybridized carbons (Fsp3) is 0.333. The molecule has 0 spiro atoms. The van der Waals surface area contributed by atoms with Gasteiger partial charge < -0.3 is 19.4 Å². The predicted octanol–water partition coefficient (Wildman–Crippen LogP) is 1.23. The molecule has 6 nitrogen and oxygen atoms in total. The Hall–Kier alpha value is -2.50. The first-order valence-electron chi connectivity index (χ1n) is 6.87. The molecule has 0 radical (unpaired) electrons. The highest BCUT2D eigenvalue weighted by Crippen LogP contribution is 2.30. The SMILES string of the molecule is C[C@@H](Cn1ccnc1)NC(=O)[C@H]1COc2ccccc2O1. The Morgan fingerprint density at radius 2 is 2.29 bits per heavy atom. The van der Waals surface area contributed by atoms with Gasteiger partial charge in [0.2, 0.25) is 6.10 Å². The molecule has 0 bridgehead atoms. The van der Waals surface area contributed by atoms with Crippen molar-refractivity contribution in [2.45, 2.75) is 25.6 Å². The van der Waals surface area contributed by atoms with Gasteiger partial charge in [-0.1, -0.05) is 12.1 Å². The largest absolute Gasteiger partial charge is 0.485 e. The van der Waals surface area contributed by atoms with Gasteiger partial charge in [0.15, 0.2) is 11.5 Å². The minimum absolute atomic E-state index is 0.0209. The van der Waals surface area contributed by atoms with Crippen LogP contribution in [0.4, 0.5) is 0 Å². The molecule has 6 heteroatoms. The summed E-state index contributed by atoms with van der Waals surface area (Å²) in [6.45, 7) is 2.83. The Labute approximate surface area is 122 Å². The van der Waals surface area contributed by atoms with Gasteiger partial charge in [-0.15, -0.1) is 0 Å². The number of imidazole rings is 1. The number of nitrogens with zero attached hydrogens (tertiary/aromatic N) is 2. The van der Waals surface area contributed by atoms with Crippen molar-refractivity contribution in [1.29, 1.82) is 0 Å². The average molecular weight is 287 g/mol. The standard InChI is InChI=1S/C15H17N3O3/c1-11(8-18-7-6-16-10-18)17-15(19)14-9-20-12-4-2-3-5-13(12)21-14/h2-7,10-11,14H,8-9H2,1H3,(H,17,19)/t11-,14+/m0/s1. The number of ether oxygens (including phenoxy) is 2. The van der Waals surface area contributed by atoms with Crippen LogP contribution in [0.5, 0.6) is 11.5 Å². The van der Waals surface area contributed by atoms with Crippen LogP contribution in [0.1, 0.15) is 6.92 Å². The van der Waals surface area contributed by atoms with E-state index >= 15 is 0 Å². The third-order valence-corrected chi connectivity index (χ3v) is 3.23. The van der Waals surface area contributed by atoms with Crippen molar-refractivity contribution in [3.8, 4) is 11.5 Å². The third kappa shape index (κ3) is 3.16. The quantitative estimate of drug-likeness (QED) is 0.918. The number of aromatic nitrogens is 2. The molecule has 1 aromatic carbocycles. The molecule has 0 unspecified atom stereocenters. The molecule has 110 valence electrons. The number of amides is 1. The zero-order valence-corrected chi connectivity index (χ0v) is 11.7. The van der Waals surface area contributed by atoms with Gasteiger partial charge >= 0.3 is 0 Å². The highest BCUT2D eigenvalue weighted by atomic mass is 16.6. The lowest BCUT2D eigenvalue weighted by molar-refractivity contribution is -0.131. The zero-order valence-electron chi connectivity index (χ0n) is 11.7. The summed E-state index contributed by atoms with van der Waals surface area (Å²) in [7, 11) is 0. The van der Waals surface area contributed by atoms with Crippen molar-refractivity contribution in [2.75, 3.05) is 6.61 Å². The zero-order chi connectivity index (χ0) is 14.7. The molecule has 2 aromatic rings. The maximum atomic E-state index is 12.2. The summed E-state index contributed by atoms with van der Waals surface area (Å²) in [5.41, 5.74) is 0. The number of carbonyl (C=O) groups is 1. The van der Waals surface area contributed by atoms with E-state index in [2.05, 4.69) is 10.3 Å². The van der Waals surface area contributed by atoms with Crippen LogP contribution in [-0.4, -0.2) is 34.2 Å². The number of rotatable bonds is 4. The number of hydrogen-bond acceptors (Lipinski definition) is 4. The first-order valence-corrected chi connectivity index (χ1v) is 6.87. The van der Waals surface area contributed by atoms with Gasteiger partial charge in [0, 0.05) is 25.0 Å². The van der Waals surface area contributed by atoms with Gasteiger partial charge in [0.25, 0.3) is 5.91 Å². The van der Waals surface area contributed by atoms with Crippen LogP contribution < -0.4 is 14.8 Å². The third-order valence-electron chi connectivity index (χ3n) is 3.23. The summed E-state index contributed by atoms with van der Waals surface area (Å²) in [5.74, 6) is 1.11. The van der Waals surface area contributed by atoms with E-state index in [1.54, 1.807) is 18.6 Å². The van der Waals surface area contributed by atoms with Gasteiger partial charge in [-0.2, -0.15) is 0 Å². The minimum Gasteiger partial charge on any atom is -0.485 e. The summed E-state index contributed by atoms with van der Waals surface area (Å²) in [6, 6.07) is 7.32. The van der Waals surface area contributed by atoms with Crippen molar-refractivity contribution >= 4 is 5.91 Å². The molecule has 0 saturated heterocycles. The van der Waals surface area contributed by atoms with Crippen LogP contribution in [0, 0.1) is 0 Å². The average Bonchev–Trinajstić information content (AvgIpc) is 2.99. The topological polar surface area (TPSA) is 65.4 Å². The van der Waals surface area contributed by atoms with Crippen LogP contribution in [0.3, 0.4) is 0 Å². The number of hydrogen-bond donors (Lipinski definition) is 1. The molecular weight excluding hydrogens is 270 g/mol.